The molecule has 2 rings (SSSR count). The number of rotatable bonds is 1. The lowest BCUT2D eigenvalue weighted by Gasteiger charge is -2.24. The Morgan fingerprint density at radius 1 is 1.50 bits per heavy atom. The van der Waals surface area contributed by atoms with Crippen LogP contribution in [0.15, 0.2) is 12.1 Å². The molecule has 1 aromatic carbocycles. The second-order valence-corrected chi connectivity index (χ2v) is 4.54. The van der Waals surface area contributed by atoms with E-state index in [9.17, 15) is 5.11 Å². The Morgan fingerprint density at radius 3 is 3.00 bits per heavy atom. The summed E-state index contributed by atoms with van der Waals surface area (Å²) in [6, 6.07) is 3.99. The molecule has 0 radical (unpaired) electrons. The number of aliphatic hydroxyl groups excluding tert-OH is 1. The van der Waals surface area contributed by atoms with Crippen LogP contribution >= 0.6 is 11.8 Å². The molecule has 1 aliphatic heterocycles. The summed E-state index contributed by atoms with van der Waals surface area (Å²) in [5.41, 5.74) is 3.40. The normalized spacial score (nSPS) is 20.4. The van der Waals surface area contributed by atoms with E-state index in [0.717, 1.165) is 33.9 Å². The number of aliphatic hydroxyl groups is 1. The minimum Gasteiger partial charge on any atom is -0.496 e. The summed E-state index contributed by atoms with van der Waals surface area (Å²) in [6.07, 6.45) is -0.334. The lowest BCUT2D eigenvalue weighted by atomic mass is 9.97. The van der Waals surface area contributed by atoms with Crippen LogP contribution in [0.2, 0.25) is 0 Å². The minimum atomic E-state index is -0.334. The van der Waals surface area contributed by atoms with Crippen LogP contribution in [0.5, 0.6) is 5.75 Å². The number of aryl methyl sites for hydroxylation is 1. The lowest BCUT2D eigenvalue weighted by molar-refractivity contribution is 0.200. The fraction of sp³-hybridized carbons (Fsp3) is 0.455. The van der Waals surface area contributed by atoms with Gasteiger partial charge < -0.3 is 9.84 Å². The molecule has 0 fully saturated rings. The standard InChI is InChI=1S/C11H14O2S/c1-7-3-4-10(13-2)8-5-14-6-9(12)11(7)8/h3-4,9,12H,5-6H2,1-2H3/t9-/m1/s1. The summed E-state index contributed by atoms with van der Waals surface area (Å²) in [4.78, 5) is 0. The van der Waals surface area contributed by atoms with E-state index in [1.165, 1.54) is 0 Å². The Morgan fingerprint density at radius 2 is 2.29 bits per heavy atom. The average molecular weight is 210 g/mol. The van der Waals surface area contributed by atoms with Gasteiger partial charge in [0.15, 0.2) is 0 Å². The van der Waals surface area contributed by atoms with Crippen LogP contribution in [-0.4, -0.2) is 18.0 Å². The molecule has 1 heterocycles. The van der Waals surface area contributed by atoms with Crippen molar-refractivity contribution in [1.29, 1.82) is 0 Å². The molecule has 0 saturated carbocycles. The minimum absolute atomic E-state index is 0.334. The Balaban J connectivity index is 2.57. The molecule has 0 amide bonds. The fourth-order valence-corrected chi connectivity index (χ4v) is 2.93. The summed E-state index contributed by atoms with van der Waals surface area (Å²) in [6.45, 7) is 2.04. The maximum absolute atomic E-state index is 9.89. The van der Waals surface area contributed by atoms with Crippen molar-refractivity contribution in [2.45, 2.75) is 18.8 Å². The van der Waals surface area contributed by atoms with E-state index in [4.69, 9.17) is 4.74 Å². The van der Waals surface area contributed by atoms with E-state index in [2.05, 4.69) is 0 Å². The highest BCUT2D eigenvalue weighted by molar-refractivity contribution is 7.98. The van der Waals surface area contributed by atoms with Crippen molar-refractivity contribution >= 4 is 11.8 Å². The number of ether oxygens (including phenoxy) is 1. The maximum Gasteiger partial charge on any atom is 0.123 e. The van der Waals surface area contributed by atoms with E-state index >= 15 is 0 Å². The molecular weight excluding hydrogens is 196 g/mol. The van der Waals surface area contributed by atoms with E-state index in [1.54, 1.807) is 18.9 Å². The summed E-state index contributed by atoms with van der Waals surface area (Å²) in [5, 5.41) is 9.89. The fourth-order valence-electron chi connectivity index (χ4n) is 1.92. The SMILES string of the molecule is COc1ccc(C)c2c1CSC[C@H]2O. The van der Waals surface area contributed by atoms with Gasteiger partial charge in [-0.2, -0.15) is 11.8 Å². The van der Waals surface area contributed by atoms with E-state index in [-0.39, 0.29) is 6.10 Å². The van der Waals surface area contributed by atoms with Crippen molar-refractivity contribution < 1.29 is 9.84 Å². The Bertz CT molecular complexity index is 349. The zero-order valence-corrected chi connectivity index (χ0v) is 9.23. The largest absolute Gasteiger partial charge is 0.496 e. The highest BCUT2D eigenvalue weighted by Gasteiger charge is 2.23. The zero-order valence-electron chi connectivity index (χ0n) is 8.41. The van der Waals surface area contributed by atoms with Crippen molar-refractivity contribution in [2.75, 3.05) is 12.9 Å². The molecule has 0 unspecified atom stereocenters. The van der Waals surface area contributed by atoms with E-state index < -0.39 is 0 Å². The van der Waals surface area contributed by atoms with Gasteiger partial charge in [-0.25, -0.2) is 0 Å². The first kappa shape index (κ1) is 9.87. The van der Waals surface area contributed by atoms with Gasteiger partial charge in [0.2, 0.25) is 0 Å². The molecule has 0 aliphatic carbocycles. The summed E-state index contributed by atoms with van der Waals surface area (Å²) < 4.78 is 5.29. The summed E-state index contributed by atoms with van der Waals surface area (Å²) >= 11 is 1.75. The number of thioether (sulfide) groups is 1. The van der Waals surface area contributed by atoms with Crippen LogP contribution in [0.3, 0.4) is 0 Å². The number of fused-ring (bicyclic) bond motifs is 1. The molecule has 2 nitrogen and oxygen atoms in total. The molecule has 0 spiro atoms. The third-order valence-electron chi connectivity index (χ3n) is 2.61. The first-order chi connectivity index (χ1) is 6.74. The van der Waals surface area contributed by atoms with Gasteiger partial charge in [0.1, 0.15) is 5.75 Å². The third kappa shape index (κ3) is 1.51. The van der Waals surface area contributed by atoms with Gasteiger partial charge in [0, 0.05) is 17.1 Å². The van der Waals surface area contributed by atoms with Crippen molar-refractivity contribution in [3.8, 4) is 5.75 Å². The summed E-state index contributed by atoms with van der Waals surface area (Å²) in [7, 11) is 1.68. The molecule has 1 atom stereocenters. The predicted octanol–water partition coefficient (Wildman–Crippen LogP) is 2.28. The molecule has 3 heteroatoms. The summed E-state index contributed by atoms with van der Waals surface area (Å²) in [5.74, 6) is 2.63. The van der Waals surface area contributed by atoms with Crippen molar-refractivity contribution in [3.63, 3.8) is 0 Å². The van der Waals surface area contributed by atoms with Gasteiger partial charge >= 0.3 is 0 Å². The lowest BCUT2D eigenvalue weighted by Crippen LogP contribution is -2.12. The number of benzene rings is 1. The number of hydrogen-bond acceptors (Lipinski definition) is 3. The molecule has 0 bridgehead atoms. The van der Waals surface area contributed by atoms with Crippen LogP contribution in [0, 0.1) is 6.92 Å². The molecule has 0 saturated heterocycles. The number of hydrogen-bond donors (Lipinski definition) is 1. The smallest absolute Gasteiger partial charge is 0.123 e. The third-order valence-corrected chi connectivity index (χ3v) is 3.65. The highest BCUT2D eigenvalue weighted by atomic mass is 32.2. The van der Waals surface area contributed by atoms with E-state index in [0.29, 0.717) is 0 Å². The van der Waals surface area contributed by atoms with Crippen molar-refractivity contribution in [2.24, 2.45) is 0 Å². The quantitative estimate of drug-likeness (QED) is 0.771. The van der Waals surface area contributed by atoms with Crippen molar-refractivity contribution in [3.05, 3.63) is 28.8 Å². The molecule has 14 heavy (non-hydrogen) atoms. The van der Waals surface area contributed by atoms with E-state index in [1.807, 2.05) is 19.1 Å². The van der Waals surface area contributed by atoms with Crippen LogP contribution in [-0.2, 0) is 5.75 Å². The molecular formula is C11H14O2S. The topological polar surface area (TPSA) is 29.5 Å². The van der Waals surface area contributed by atoms with Gasteiger partial charge in [-0.05, 0) is 24.1 Å². The molecule has 1 aliphatic rings. The van der Waals surface area contributed by atoms with Gasteiger partial charge in [0.25, 0.3) is 0 Å². The first-order valence-electron chi connectivity index (χ1n) is 4.66. The second-order valence-electron chi connectivity index (χ2n) is 3.51. The second kappa shape index (κ2) is 3.83. The average Bonchev–Trinajstić information content (AvgIpc) is 2.18. The van der Waals surface area contributed by atoms with Gasteiger partial charge in [-0.15, -0.1) is 0 Å². The zero-order chi connectivity index (χ0) is 10.1. The monoisotopic (exact) mass is 210 g/mol. The van der Waals surface area contributed by atoms with Crippen molar-refractivity contribution in [1.82, 2.24) is 0 Å². The maximum atomic E-state index is 9.89. The van der Waals surface area contributed by atoms with Crippen LogP contribution in [0.4, 0.5) is 0 Å². The number of methoxy groups -OCH3 is 1. The van der Waals surface area contributed by atoms with Gasteiger partial charge in [0.05, 0.1) is 13.2 Å². The Kier molecular flexibility index (Phi) is 2.70. The molecule has 76 valence electrons. The Labute approximate surface area is 88.3 Å². The first-order valence-corrected chi connectivity index (χ1v) is 5.81. The van der Waals surface area contributed by atoms with Crippen LogP contribution < -0.4 is 4.74 Å². The Hall–Kier alpha value is -0.670. The molecule has 0 aromatic heterocycles. The van der Waals surface area contributed by atoms with Crippen LogP contribution in [0.1, 0.15) is 22.8 Å². The van der Waals surface area contributed by atoms with Gasteiger partial charge in [-0.3, -0.25) is 0 Å². The molecule has 1 N–H and O–H groups in total. The highest BCUT2D eigenvalue weighted by Crippen LogP contribution is 2.38. The van der Waals surface area contributed by atoms with Gasteiger partial charge in [-0.1, -0.05) is 6.07 Å². The molecule has 1 aromatic rings. The predicted molar refractivity (Wildman–Crippen MR) is 58.9 cm³/mol. The van der Waals surface area contributed by atoms with Crippen LogP contribution in [0.25, 0.3) is 0 Å².